The molecule has 0 bridgehead atoms. The molecule has 0 unspecified atom stereocenters. The van der Waals surface area contributed by atoms with Crippen molar-refractivity contribution in [3.8, 4) is 6.07 Å². The van der Waals surface area contributed by atoms with Crippen molar-refractivity contribution in [3.05, 3.63) is 0 Å². The van der Waals surface area contributed by atoms with Crippen LogP contribution in [0.2, 0.25) is 0 Å². The van der Waals surface area contributed by atoms with E-state index in [9.17, 15) is 25.2 Å². The summed E-state index contributed by atoms with van der Waals surface area (Å²) in [7, 11) is -10.7. The van der Waals surface area contributed by atoms with Gasteiger partial charge in [0.2, 0.25) is 0 Å². The second-order valence-electron chi connectivity index (χ2n) is 3.83. The van der Waals surface area contributed by atoms with Crippen molar-refractivity contribution in [2.45, 2.75) is 38.7 Å². The summed E-state index contributed by atoms with van der Waals surface area (Å²) >= 11 is 2.99. The summed E-state index contributed by atoms with van der Waals surface area (Å²) in [5.41, 5.74) is -0.145. The summed E-state index contributed by atoms with van der Waals surface area (Å²) in [6, 6.07) is 2.09. The number of hydrogen-bond donors (Lipinski definition) is 0. The molecular weight excluding hydrogens is 291 g/mol. The van der Waals surface area contributed by atoms with E-state index in [1.807, 2.05) is 13.8 Å². The Bertz CT molecular complexity index is 269. The Kier molecular flexibility index (Phi) is 5.87. The Morgan fingerprint density at radius 1 is 1.18 bits per heavy atom. The van der Waals surface area contributed by atoms with Gasteiger partial charge in [0.1, 0.15) is 18.5 Å². The molecule has 0 aromatic carbocycles. The number of unbranched alkanes of at least 4 members (excludes halogenated alkanes) is 1. The predicted octanol–water partition coefficient (Wildman–Crippen LogP) is 4.78. The van der Waals surface area contributed by atoms with Crippen LogP contribution in [0, 0.1) is 11.3 Å². The Balaban J connectivity index is 0. The van der Waals surface area contributed by atoms with Crippen LogP contribution in [-0.2, 0) is 17.1 Å². The summed E-state index contributed by atoms with van der Waals surface area (Å²) in [5, 5.41) is 8.23. The topological polar surface area (TPSA) is 33.0 Å². The minimum absolute atomic E-state index is 0.145. The van der Waals surface area contributed by atoms with Gasteiger partial charge in [0.05, 0.1) is 6.07 Å². The molecule has 0 saturated heterocycles. The van der Waals surface area contributed by atoms with E-state index in [2.05, 4.69) is 19.0 Å². The van der Waals surface area contributed by atoms with Crippen LogP contribution in [0.5, 0.6) is 0 Å². The molecule has 0 heterocycles. The second-order valence-corrected chi connectivity index (χ2v) is 5.95. The normalized spacial score (nSPS) is 16.0. The Morgan fingerprint density at radius 2 is 1.53 bits per heavy atom. The minimum atomic E-state index is -10.7. The third kappa shape index (κ3) is 38.8. The third-order valence-electron chi connectivity index (χ3n) is 1.34. The van der Waals surface area contributed by atoms with Crippen molar-refractivity contribution in [1.29, 1.82) is 5.26 Å². The summed E-state index contributed by atoms with van der Waals surface area (Å²) in [6.07, 6.45) is 2.41. The van der Waals surface area contributed by atoms with Gasteiger partial charge >= 0.3 is 33.0 Å². The van der Waals surface area contributed by atoms with Gasteiger partial charge in [-0.3, -0.25) is 0 Å². The fourth-order valence-electron chi connectivity index (χ4n) is 0.644. The quantitative estimate of drug-likeness (QED) is 0.324. The van der Waals surface area contributed by atoms with E-state index < -0.39 is 7.81 Å². The molecule has 0 amide bonds. The number of nitriles is 1. The van der Waals surface area contributed by atoms with Gasteiger partial charge in [-0.1, -0.05) is 0 Å². The molecule has 2 nitrogen and oxygen atoms in total. The fraction of sp³-hybridized carbons (Fsp3) is 0.857. The van der Waals surface area contributed by atoms with Crippen molar-refractivity contribution in [2.75, 3.05) is 0 Å². The third-order valence-corrected chi connectivity index (χ3v) is 1.90. The first kappa shape index (κ1) is 19.2. The van der Waals surface area contributed by atoms with E-state index in [0.29, 0.717) is 6.42 Å². The van der Waals surface area contributed by atoms with E-state index >= 15 is 0 Å². The van der Waals surface area contributed by atoms with Crippen LogP contribution in [0.25, 0.3) is 0 Å². The second kappa shape index (κ2) is 5.21. The zero-order valence-corrected chi connectivity index (χ0v) is 11.1. The molecule has 0 fully saturated rings. The van der Waals surface area contributed by atoms with Crippen LogP contribution < -0.4 is 0 Å². The maximum atomic E-state index is 9.87. The molecule has 0 aromatic rings. The fourth-order valence-corrected chi connectivity index (χ4v) is 0.746. The molecule has 0 atom stereocenters. The summed E-state index contributed by atoms with van der Waals surface area (Å²) in [4.78, 5) is 0. The number of rotatable bonds is 4. The van der Waals surface area contributed by atoms with Crippen molar-refractivity contribution in [3.63, 3.8) is 0 Å². The summed E-state index contributed by atoms with van der Waals surface area (Å²) < 4.78 is 64.2. The van der Waals surface area contributed by atoms with Crippen LogP contribution >= 0.6 is 7.81 Å². The molecular formula is C7H14F6NOPS. The Labute approximate surface area is 101 Å². The van der Waals surface area contributed by atoms with Crippen LogP contribution in [-0.4, -0.2) is 5.60 Å². The molecule has 10 heteroatoms. The zero-order valence-electron chi connectivity index (χ0n) is 9.19. The van der Waals surface area contributed by atoms with Crippen LogP contribution in [0.1, 0.15) is 33.1 Å². The standard InChI is InChI=1S/C7H13NOS.F6P/c1-7(2,9-10)5-3-4-6-8;1-7(2,3,4,5)6/h10H,3-5H2,1-2H3;/q;-1/p+1. The molecule has 0 radical (unpaired) electrons. The summed E-state index contributed by atoms with van der Waals surface area (Å²) in [5.74, 6) is 0. The first-order valence-electron chi connectivity index (χ1n) is 4.35. The average molecular weight is 305 g/mol. The molecule has 17 heavy (non-hydrogen) atoms. The van der Waals surface area contributed by atoms with Gasteiger partial charge in [0.15, 0.2) is 0 Å². The van der Waals surface area contributed by atoms with Crippen molar-refractivity contribution in [1.82, 2.24) is 0 Å². The van der Waals surface area contributed by atoms with Gasteiger partial charge < -0.3 is 0 Å². The number of halogens is 6. The number of nitrogens with zero attached hydrogens (tertiary/aromatic N) is 1. The van der Waals surface area contributed by atoms with Gasteiger partial charge in [-0.15, -0.1) is 0 Å². The van der Waals surface area contributed by atoms with E-state index in [1.165, 1.54) is 0 Å². The van der Waals surface area contributed by atoms with E-state index in [1.54, 1.807) is 0 Å². The molecule has 106 valence electrons. The molecule has 0 spiro atoms. The summed E-state index contributed by atoms with van der Waals surface area (Å²) in [6.45, 7) is 3.97. The molecule has 0 rings (SSSR count). The predicted molar refractivity (Wildman–Crippen MR) is 58.4 cm³/mol. The van der Waals surface area contributed by atoms with Crippen LogP contribution in [0.15, 0.2) is 0 Å². The Morgan fingerprint density at radius 3 is 1.76 bits per heavy atom. The van der Waals surface area contributed by atoms with Gasteiger partial charge in [0, 0.05) is 6.42 Å². The number of hydrogen-bond acceptors (Lipinski definition) is 2. The molecule has 0 N–H and O–H groups in total. The SMILES string of the molecule is CC(C)(CCCC#N)O[SH2+].F[P-](F)(F)(F)(F)F. The molecule has 0 aliphatic carbocycles. The first-order chi connectivity index (χ1) is 7.07. The maximum absolute atomic E-state index is 10.7. The monoisotopic (exact) mass is 305 g/mol. The van der Waals surface area contributed by atoms with Crippen LogP contribution in [0.3, 0.4) is 0 Å². The van der Waals surface area contributed by atoms with Gasteiger partial charge in [0.25, 0.3) is 0 Å². The van der Waals surface area contributed by atoms with Crippen molar-refractivity contribution >= 4 is 20.7 Å². The molecule has 0 aliphatic rings. The van der Waals surface area contributed by atoms with E-state index in [-0.39, 0.29) is 5.60 Å². The van der Waals surface area contributed by atoms with Gasteiger partial charge in [-0.25, -0.2) is 0 Å². The van der Waals surface area contributed by atoms with Crippen molar-refractivity contribution in [2.24, 2.45) is 0 Å². The van der Waals surface area contributed by atoms with E-state index in [4.69, 9.17) is 9.44 Å². The zero-order chi connectivity index (χ0) is 14.4. The van der Waals surface area contributed by atoms with Gasteiger partial charge in [-0.05, 0) is 26.7 Å². The van der Waals surface area contributed by atoms with Crippen LogP contribution in [0.4, 0.5) is 25.2 Å². The molecule has 0 saturated carbocycles. The van der Waals surface area contributed by atoms with Gasteiger partial charge in [-0.2, -0.15) is 9.44 Å². The van der Waals surface area contributed by atoms with Crippen molar-refractivity contribution < 1.29 is 29.4 Å². The average Bonchev–Trinajstić information content (AvgIpc) is 1.99. The molecule has 0 aromatic heterocycles. The molecule has 0 aliphatic heterocycles. The Hall–Kier alpha value is -0.190. The van der Waals surface area contributed by atoms with E-state index in [0.717, 1.165) is 12.8 Å². The first-order valence-corrected chi connectivity index (χ1v) is 6.79.